The number of nitrogens with zero attached hydrogens (tertiary/aromatic N) is 2. The van der Waals surface area contributed by atoms with Gasteiger partial charge in [0.15, 0.2) is 4.96 Å². The average Bonchev–Trinajstić information content (AvgIpc) is 3.21. The number of benzene rings is 2. The Hall–Kier alpha value is -2.41. The van der Waals surface area contributed by atoms with Crippen LogP contribution in [0.2, 0.25) is 10.0 Å². The number of rotatable bonds is 4. The summed E-state index contributed by atoms with van der Waals surface area (Å²) in [5.74, 6) is -0.749. The summed E-state index contributed by atoms with van der Waals surface area (Å²) in [7, 11) is 0. The largest absolute Gasteiger partial charge is 0.326 e. The zero-order valence-electron chi connectivity index (χ0n) is 13.7. The molecule has 0 unspecified atom stereocenters. The SMILES string of the molecule is O=C(Cc1csc2nc(-c3ccc(Cl)cc3)cn12)Nc1ccc(F)c(Cl)c1. The molecule has 1 N–H and O–H groups in total. The third-order valence-corrected chi connectivity index (χ3v) is 5.40. The van der Waals surface area contributed by atoms with Crippen LogP contribution in [-0.4, -0.2) is 15.3 Å². The normalized spacial score (nSPS) is 11.1. The van der Waals surface area contributed by atoms with Crippen LogP contribution >= 0.6 is 34.5 Å². The van der Waals surface area contributed by atoms with E-state index in [-0.39, 0.29) is 17.4 Å². The molecule has 2 aromatic heterocycles. The van der Waals surface area contributed by atoms with Crippen LogP contribution in [0.25, 0.3) is 16.2 Å². The third kappa shape index (κ3) is 3.83. The van der Waals surface area contributed by atoms with Gasteiger partial charge in [-0.1, -0.05) is 35.3 Å². The molecule has 0 saturated carbocycles. The molecule has 0 aliphatic carbocycles. The molecular weight excluding hydrogens is 408 g/mol. The summed E-state index contributed by atoms with van der Waals surface area (Å²) in [6.07, 6.45) is 2.05. The zero-order valence-corrected chi connectivity index (χ0v) is 16.1. The van der Waals surface area contributed by atoms with Crippen molar-refractivity contribution >= 4 is 51.1 Å². The fourth-order valence-corrected chi connectivity index (χ4v) is 3.84. The molecule has 4 nitrogen and oxygen atoms in total. The first kappa shape index (κ1) is 18.0. The van der Waals surface area contributed by atoms with Crippen molar-refractivity contribution in [2.24, 2.45) is 0 Å². The predicted molar refractivity (Wildman–Crippen MR) is 107 cm³/mol. The standard InChI is InChI=1S/C19H12Cl2FN3OS/c20-12-3-1-11(2-4-12)17-9-25-14(10-27-19(25)24-17)8-18(26)23-13-5-6-16(22)15(21)7-13/h1-7,9-10H,8H2,(H,23,26). The first-order valence-electron chi connectivity index (χ1n) is 7.96. The molecule has 0 saturated heterocycles. The minimum Gasteiger partial charge on any atom is -0.326 e. The van der Waals surface area contributed by atoms with E-state index in [0.717, 1.165) is 21.9 Å². The second-order valence-electron chi connectivity index (χ2n) is 5.87. The fourth-order valence-electron chi connectivity index (χ4n) is 2.66. The Labute approximate surface area is 168 Å². The predicted octanol–water partition coefficient (Wildman–Crippen LogP) is 5.69. The van der Waals surface area contributed by atoms with Crippen molar-refractivity contribution in [1.29, 1.82) is 0 Å². The van der Waals surface area contributed by atoms with Crippen LogP contribution in [-0.2, 0) is 11.2 Å². The summed E-state index contributed by atoms with van der Waals surface area (Å²) in [6, 6.07) is 11.5. The minimum absolute atomic E-state index is 0.0343. The summed E-state index contributed by atoms with van der Waals surface area (Å²) >= 11 is 13.1. The zero-order chi connectivity index (χ0) is 19.0. The van der Waals surface area contributed by atoms with Gasteiger partial charge in [0.05, 0.1) is 17.1 Å². The Balaban J connectivity index is 1.54. The van der Waals surface area contributed by atoms with E-state index in [1.54, 1.807) is 0 Å². The Morgan fingerprint density at radius 1 is 1.19 bits per heavy atom. The van der Waals surface area contributed by atoms with Crippen molar-refractivity contribution in [2.45, 2.75) is 6.42 Å². The van der Waals surface area contributed by atoms with Gasteiger partial charge in [0.1, 0.15) is 5.82 Å². The molecule has 0 spiro atoms. The van der Waals surface area contributed by atoms with Gasteiger partial charge in [0, 0.05) is 33.5 Å². The molecule has 8 heteroatoms. The van der Waals surface area contributed by atoms with Gasteiger partial charge in [0.2, 0.25) is 5.91 Å². The van der Waals surface area contributed by atoms with Gasteiger partial charge in [-0.15, -0.1) is 11.3 Å². The fraction of sp³-hybridized carbons (Fsp3) is 0.0526. The maximum absolute atomic E-state index is 13.2. The first-order chi connectivity index (χ1) is 13.0. The summed E-state index contributed by atoms with van der Waals surface area (Å²) < 4.78 is 15.1. The third-order valence-electron chi connectivity index (χ3n) is 3.97. The Morgan fingerprint density at radius 3 is 2.70 bits per heavy atom. The number of hydrogen-bond acceptors (Lipinski definition) is 3. The van der Waals surface area contributed by atoms with Crippen LogP contribution < -0.4 is 5.32 Å². The van der Waals surface area contributed by atoms with Crippen molar-refractivity contribution in [3.8, 4) is 11.3 Å². The van der Waals surface area contributed by atoms with E-state index in [4.69, 9.17) is 23.2 Å². The number of imidazole rings is 1. The number of anilines is 1. The van der Waals surface area contributed by atoms with Gasteiger partial charge >= 0.3 is 0 Å². The highest BCUT2D eigenvalue weighted by molar-refractivity contribution is 7.15. The molecule has 1 amide bonds. The number of nitrogens with one attached hydrogen (secondary N) is 1. The number of aromatic nitrogens is 2. The number of carbonyl (C=O) groups excluding carboxylic acids is 1. The minimum atomic E-state index is -0.526. The van der Waals surface area contributed by atoms with Gasteiger partial charge in [-0.3, -0.25) is 9.20 Å². The van der Waals surface area contributed by atoms with Crippen molar-refractivity contribution in [1.82, 2.24) is 9.38 Å². The van der Waals surface area contributed by atoms with Crippen molar-refractivity contribution in [3.05, 3.63) is 75.6 Å². The summed E-state index contributed by atoms with van der Waals surface area (Å²) in [6.45, 7) is 0. The average molecular weight is 420 g/mol. The lowest BCUT2D eigenvalue weighted by molar-refractivity contribution is -0.115. The Kier molecular flexibility index (Phi) is 4.86. The molecule has 27 heavy (non-hydrogen) atoms. The van der Waals surface area contributed by atoms with E-state index in [9.17, 15) is 9.18 Å². The molecule has 0 bridgehead atoms. The molecule has 0 aliphatic heterocycles. The van der Waals surface area contributed by atoms with Crippen LogP contribution in [0.3, 0.4) is 0 Å². The monoisotopic (exact) mass is 419 g/mol. The molecule has 4 aromatic rings. The molecule has 4 rings (SSSR count). The number of amides is 1. The lowest BCUT2D eigenvalue weighted by atomic mass is 10.2. The van der Waals surface area contributed by atoms with E-state index in [0.29, 0.717) is 10.7 Å². The Morgan fingerprint density at radius 2 is 1.96 bits per heavy atom. The molecule has 0 atom stereocenters. The van der Waals surface area contributed by atoms with Crippen LogP contribution in [0.5, 0.6) is 0 Å². The number of carbonyl (C=O) groups is 1. The highest BCUT2D eigenvalue weighted by Gasteiger charge is 2.13. The van der Waals surface area contributed by atoms with Gasteiger partial charge in [-0.2, -0.15) is 0 Å². The summed E-state index contributed by atoms with van der Waals surface area (Å²) in [4.78, 5) is 17.7. The maximum atomic E-state index is 13.2. The van der Waals surface area contributed by atoms with E-state index in [2.05, 4.69) is 10.3 Å². The first-order valence-corrected chi connectivity index (χ1v) is 9.59. The lowest BCUT2D eigenvalue weighted by Crippen LogP contribution is -2.15. The van der Waals surface area contributed by atoms with Crippen molar-refractivity contribution < 1.29 is 9.18 Å². The number of thiazole rings is 1. The molecule has 2 aromatic carbocycles. The maximum Gasteiger partial charge on any atom is 0.230 e. The van der Waals surface area contributed by atoms with E-state index < -0.39 is 5.82 Å². The van der Waals surface area contributed by atoms with E-state index >= 15 is 0 Å². The van der Waals surface area contributed by atoms with Crippen LogP contribution in [0.4, 0.5) is 10.1 Å². The molecule has 2 heterocycles. The second kappa shape index (κ2) is 7.31. The quantitative estimate of drug-likeness (QED) is 0.461. The van der Waals surface area contributed by atoms with E-state index in [1.165, 1.54) is 29.5 Å². The van der Waals surface area contributed by atoms with Gasteiger partial charge in [0.25, 0.3) is 0 Å². The van der Waals surface area contributed by atoms with Crippen molar-refractivity contribution in [2.75, 3.05) is 5.32 Å². The molecule has 0 radical (unpaired) electrons. The summed E-state index contributed by atoms with van der Waals surface area (Å²) in [5, 5.41) is 5.25. The van der Waals surface area contributed by atoms with Crippen LogP contribution in [0.15, 0.2) is 54.0 Å². The van der Waals surface area contributed by atoms with Gasteiger partial charge < -0.3 is 5.32 Å². The molecule has 0 aliphatic rings. The van der Waals surface area contributed by atoms with Gasteiger partial charge in [-0.25, -0.2) is 9.37 Å². The Bertz CT molecular complexity index is 1140. The van der Waals surface area contributed by atoms with Crippen LogP contribution in [0.1, 0.15) is 5.69 Å². The molecule has 0 fully saturated rings. The highest BCUT2D eigenvalue weighted by atomic mass is 35.5. The van der Waals surface area contributed by atoms with Crippen molar-refractivity contribution in [3.63, 3.8) is 0 Å². The van der Waals surface area contributed by atoms with Crippen LogP contribution in [0, 0.1) is 5.82 Å². The van der Waals surface area contributed by atoms with E-state index in [1.807, 2.05) is 40.2 Å². The molecular formula is C19H12Cl2FN3OS. The highest BCUT2D eigenvalue weighted by Crippen LogP contribution is 2.25. The lowest BCUT2D eigenvalue weighted by Gasteiger charge is -2.05. The number of fused-ring (bicyclic) bond motifs is 1. The number of halogens is 3. The number of hydrogen-bond donors (Lipinski definition) is 1. The smallest absolute Gasteiger partial charge is 0.230 e. The topological polar surface area (TPSA) is 46.4 Å². The second-order valence-corrected chi connectivity index (χ2v) is 7.55. The summed E-state index contributed by atoms with van der Waals surface area (Å²) in [5.41, 5.74) is 3.02. The van der Waals surface area contributed by atoms with Gasteiger partial charge in [-0.05, 0) is 30.3 Å². The molecule has 136 valence electrons.